The van der Waals surface area contributed by atoms with E-state index in [-0.39, 0.29) is 0 Å². The van der Waals surface area contributed by atoms with Crippen molar-refractivity contribution >= 4 is 20.6 Å². The number of hydrogen-bond donors (Lipinski definition) is 0. The molecule has 17 heavy (non-hydrogen) atoms. The van der Waals surface area contributed by atoms with Crippen molar-refractivity contribution in [3.8, 4) is 0 Å². The van der Waals surface area contributed by atoms with Crippen LogP contribution in [0.15, 0.2) is 23.8 Å². The quantitative estimate of drug-likeness (QED) is 0.510. The van der Waals surface area contributed by atoms with Crippen molar-refractivity contribution in [1.29, 1.82) is 0 Å². The van der Waals surface area contributed by atoms with Gasteiger partial charge in [-0.1, -0.05) is 0 Å². The predicted octanol–water partition coefficient (Wildman–Crippen LogP) is 4.96. The molecule has 0 atom stereocenters. The molecule has 0 saturated heterocycles. The van der Waals surface area contributed by atoms with E-state index in [4.69, 9.17) is 0 Å². The molecular formula is C15H27PSe. The SMILES string of the molecule is CC(C)(C)P(=[Se])(CCC1=CC=CC1)C(C)(C)C. The summed E-state index contributed by atoms with van der Waals surface area (Å²) in [4.78, 5) is 0. The Labute approximate surface area is 115 Å². The molecule has 0 amide bonds. The van der Waals surface area contributed by atoms with Gasteiger partial charge in [0.15, 0.2) is 0 Å². The average Bonchev–Trinajstić information content (AvgIpc) is 2.62. The van der Waals surface area contributed by atoms with E-state index in [1.54, 1.807) is 5.57 Å². The van der Waals surface area contributed by atoms with Gasteiger partial charge in [0.1, 0.15) is 0 Å². The Balaban J connectivity index is 2.83. The second-order valence-corrected chi connectivity index (χ2v) is 15.5. The number of hydrogen-bond acceptors (Lipinski definition) is 0. The third-order valence-electron chi connectivity index (χ3n) is 3.76. The second kappa shape index (κ2) is 5.20. The van der Waals surface area contributed by atoms with Gasteiger partial charge in [-0.2, -0.15) is 0 Å². The van der Waals surface area contributed by atoms with Crippen molar-refractivity contribution in [3.63, 3.8) is 0 Å². The van der Waals surface area contributed by atoms with Crippen molar-refractivity contribution in [1.82, 2.24) is 0 Å². The van der Waals surface area contributed by atoms with Crippen LogP contribution in [0.4, 0.5) is 0 Å². The molecule has 0 radical (unpaired) electrons. The molecule has 1 aliphatic rings. The zero-order valence-electron chi connectivity index (χ0n) is 12.2. The maximum atomic E-state index is 3.66. The van der Waals surface area contributed by atoms with E-state index in [0.717, 1.165) is 0 Å². The van der Waals surface area contributed by atoms with Crippen LogP contribution in [-0.2, 0) is 0 Å². The molecule has 0 nitrogen and oxygen atoms in total. The van der Waals surface area contributed by atoms with Gasteiger partial charge in [-0.05, 0) is 0 Å². The Morgan fingerprint density at radius 3 is 2.00 bits per heavy atom. The number of allylic oxidation sites excluding steroid dienone is 4. The molecule has 98 valence electrons. The van der Waals surface area contributed by atoms with E-state index < -0.39 is 5.51 Å². The molecule has 0 fully saturated rings. The third kappa shape index (κ3) is 3.46. The molecule has 0 aliphatic heterocycles. The molecule has 0 spiro atoms. The summed E-state index contributed by atoms with van der Waals surface area (Å²) in [6.07, 6.45) is 10.5. The van der Waals surface area contributed by atoms with Crippen LogP contribution in [0.2, 0.25) is 0 Å². The number of rotatable bonds is 3. The standard InChI is InChI=1S/C15H27PSe/c1-14(2,3)16(17,15(4,5)6)12-11-13-9-7-8-10-13/h7-9H,10-12H2,1-6H3. The van der Waals surface area contributed by atoms with Gasteiger partial charge < -0.3 is 0 Å². The first-order chi connectivity index (χ1) is 7.58. The molecule has 0 aromatic carbocycles. The van der Waals surface area contributed by atoms with Gasteiger partial charge in [0.25, 0.3) is 0 Å². The van der Waals surface area contributed by atoms with Crippen LogP contribution in [0.5, 0.6) is 0 Å². The molecule has 1 rings (SSSR count). The van der Waals surface area contributed by atoms with E-state index in [0.29, 0.717) is 10.3 Å². The van der Waals surface area contributed by atoms with E-state index in [1.807, 2.05) is 0 Å². The third-order valence-corrected chi connectivity index (χ3v) is 17.0. The topological polar surface area (TPSA) is 0 Å². The fraction of sp³-hybridized carbons (Fsp3) is 0.733. The Morgan fingerprint density at radius 2 is 1.65 bits per heavy atom. The fourth-order valence-corrected chi connectivity index (χ4v) is 7.19. The molecule has 0 aromatic rings. The summed E-state index contributed by atoms with van der Waals surface area (Å²) >= 11 is 3.66. The summed E-state index contributed by atoms with van der Waals surface area (Å²) < 4.78 is 0. The van der Waals surface area contributed by atoms with E-state index in [9.17, 15) is 0 Å². The van der Waals surface area contributed by atoms with Crippen molar-refractivity contribution in [2.45, 2.75) is 64.7 Å². The molecule has 2 heteroatoms. The van der Waals surface area contributed by atoms with Gasteiger partial charge in [-0.25, -0.2) is 0 Å². The zero-order valence-corrected chi connectivity index (χ0v) is 14.8. The van der Waals surface area contributed by atoms with Gasteiger partial charge in [0, 0.05) is 0 Å². The van der Waals surface area contributed by atoms with E-state index in [1.165, 1.54) is 19.0 Å². The van der Waals surface area contributed by atoms with Gasteiger partial charge in [-0.15, -0.1) is 0 Å². The Hall–Kier alpha value is 0.429. The molecule has 0 aromatic heterocycles. The summed E-state index contributed by atoms with van der Waals surface area (Å²) in [5.41, 5.74) is 0.526. The minimum absolute atomic E-state index is 0.401. The Kier molecular flexibility index (Phi) is 4.74. The van der Waals surface area contributed by atoms with Crippen molar-refractivity contribution in [2.24, 2.45) is 0 Å². The predicted molar refractivity (Wildman–Crippen MR) is 83.5 cm³/mol. The van der Waals surface area contributed by atoms with Crippen molar-refractivity contribution in [3.05, 3.63) is 23.8 Å². The summed E-state index contributed by atoms with van der Waals surface area (Å²) in [6, 6.07) is 0. The van der Waals surface area contributed by atoms with E-state index in [2.05, 4.69) is 74.9 Å². The van der Waals surface area contributed by atoms with Crippen molar-refractivity contribution < 1.29 is 0 Å². The Morgan fingerprint density at radius 1 is 1.12 bits per heavy atom. The van der Waals surface area contributed by atoms with Crippen LogP contribution in [0, 0.1) is 0 Å². The van der Waals surface area contributed by atoms with Crippen LogP contribution < -0.4 is 0 Å². The fourth-order valence-electron chi connectivity index (χ4n) is 2.66. The molecular weight excluding hydrogens is 290 g/mol. The average molecular weight is 317 g/mol. The van der Waals surface area contributed by atoms with Crippen LogP contribution in [0.1, 0.15) is 54.4 Å². The zero-order chi connectivity index (χ0) is 13.3. The summed E-state index contributed by atoms with van der Waals surface area (Å²) in [6.45, 7) is 14.4. The molecule has 0 saturated carbocycles. The second-order valence-electron chi connectivity index (χ2n) is 7.01. The first kappa shape index (κ1) is 15.5. The summed E-state index contributed by atoms with van der Waals surface area (Å²) in [7, 11) is 0. The van der Waals surface area contributed by atoms with Crippen LogP contribution in [-0.4, -0.2) is 31.6 Å². The molecule has 0 heterocycles. The first-order valence-electron chi connectivity index (χ1n) is 6.52. The van der Waals surface area contributed by atoms with Crippen LogP contribution >= 0.6 is 5.51 Å². The van der Waals surface area contributed by atoms with Gasteiger partial charge in [-0.3, -0.25) is 0 Å². The Bertz CT molecular complexity index is 357. The maximum absolute atomic E-state index is 3.66. The molecule has 0 bridgehead atoms. The van der Waals surface area contributed by atoms with Gasteiger partial charge >= 0.3 is 115 Å². The van der Waals surface area contributed by atoms with Gasteiger partial charge in [0.05, 0.1) is 0 Å². The normalized spacial score (nSPS) is 17.4. The molecule has 1 aliphatic carbocycles. The molecule has 0 unspecified atom stereocenters. The minimum atomic E-state index is -1.08. The van der Waals surface area contributed by atoms with E-state index >= 15 is 0 Å². The van der Waals surface area contributed by atoms with Gasteiger partial charge in [0.2, 0.25) is 0 Å². The molecule has 0 N–H and O–H groups in total. The van der Waals surface area contributed by atoms with Crippen molar-refractivity contribution in [2.75, 3.05) is 6.16 Å². The first-order valence-corrected chi connectivity index (χ1v) is 10.7. The summed E-state index contributed by atoms with van der Waals surface area (Å²) in [5.74, 6) is 0. The van der Waals surface area contributed by atoms with Crippen LogP contribution in [0.25, 0.3) is 0 Å². The monoisotopic (exact) mass is 318 g/mol. The summed E-state index contributed by atoms with van der Waals surface area (Å²) in [5, 5.41) is 0.801. The van der Waals surface area contributed by atoms with Crippen LogP contribution in [0.3, 0.4) is 0 Å².